The first-order valence-corrected chi connectivity index (χ1v) is 7.14. The first-order chi connectivity index (χ1) is 9.40. The Hall–Kier alpha value is -2.19. The van der Waals surface area contributed by atoms with E-state index in [0.717, 1.165) is 12.1 Å². The van der Waals surface area contributed by atoms with Gasteiger partial charge in [-0.1, -0.05) is 17.7 Å². The fourth-order valence-corrected chi connectivity index (χ4v) is 2.71. The van der Waals surface area contributed by atoms with Crippen LogP contribution in [0.15, 0.2) is 47.6 Å². The second kappa shape index (κ2) is 5.43. The van der Waals surface area contributed by atoms with E-state index in [2.05, 4.69) is 9.71 Å². The molecule has 0 aliphatic carbocycles. The molecule has 1 heterocycles. The molecule has 104 valence electrons. The lowest BCUT2D eigenvalue weighted by Gasteiger charge is -2.08. The van der Waals surface area contributed by atoms with E-state index >= 15 is 0 Å². The third kappa shape index (κ3) is 3.03. The number of nitrogens with zero attached hydrogens (tertiary/aromatic N) is 2. The molecular weight excluding hydrogens is 306 g/mol. The normalized spacial score (nSPS) is 11.1. The number of rotatable bonds is 4. The predicted molar refractivity (Wildman–Crippen MR) is 73.2 cm³/mol. The van der Waals surface area contributed by atoms with Crippen molar-refractivity contribution in [3.05, 3.63) is 57.7 Å². The van der Waals surface area contributed by atoms with Crippen LogP contribution in [0, 0.1) is 10.1 Å². The molecule has 0 radical (unpaired) electrons. The molecule has 0 spiro atoms. The van der Waals surface area contributed by atoms with E-state index in [-0.39, 0.29) is 21.4 Å². The van der Waals surface area contributed by atoms with Crippen molar-refractivity contribution in [3.63, 3.8) is 0 Å². The van der Waals surface area contributed by atoms with Gasteiger partial charge in [-0.3, -0.25) is 14.8 Å². The van der Waals surface area contributed by atoms with Gasteiger partial charge in [-0.2, -0.15) is 8.42 Å². The van der Waals surface area contributed by atoms with Gasteiger partial charge in [-0.25, -0.2) is 4.98 Å². The van der Waals surface area contributed by atoms with Gasteiger partial charge in [0, 0.05) is 18.3 Å². The van der Waals surface area contributed by atoms with Crippen LogP contribution in [0.1, 0.15) is 0 Å². The van der Waals surface area contributed by atoms with E-state index < -0.39 is 14.9 Å². The summed E-state index contributed by atoms with van der Waals surface area (Å²) in [5, 5.41) is 10.3. The standard InChI is InChI=1S/C11H8ClN3O4S/c12-9-7-8(15(16)17)4-5-10(9)14-20(18,19)11-3-1-2-6-13-11/h1-7,14H. The number of non-ortho nitro benzene ring substituents is 1. The van der Waals surface area contributed by atoms with Crippen molar-refractivity contribution in [1.29, 1.82) is 0 Å². The molecular formula is C11H8ClN3O4S. The zero-order chi connectivity index (χ0) is 14.8. The number of benzene rings is 1. The van der Waals surface area contributed by atoms with Crippen LogP contribution in [0.5, 0.6) is 0 Å². The highest BCUT2D eigenvalue weighted by Gasteiger charge is 2.18. The van der Waals surface area contributed by atoms with Gasteiger partial charge in [0.1, 0.15) is 0 Å². The SMILES string of the molecule is O=[N+]([O-])c1ccc(NS(=O)(=O)c2ccccn2)c(Cl)c1. The highest BCUT2D eigenvalue weighted by molar-refractivity contribution is 7.92. The maximum Gasteiger partial charge on any atom is 0.279 e. The second-order valence-electron chi connectivity index (χ2n) is 3.69. The van der Waals surface area contributed by atoms with Crippen LogP contribution in [0.4, 0.5) is 11.4 Å². The largest absolute Gasteiger partial charge is 0.279 e. The maximum atomic E-state index is 12.0. The molecule has 0 aliphatic rings. The quantitative estimate of drug-likeness (QED) is 0.690. The van der Waals surface area contributed by atoms with Crippen molar-refractivity contribution in [3.8, 4) is 0 Å². The van der Waals surface area contributed by atoms with Crippen molar-refractivity contribution >= 4 is 33.0 Å². The predicted octanol–water partition coefficient (Wildman–Crippen LogP) is 2.44. The monoisotopic (exact) mass is 313 g/mol. The molecule has 2 aromatic rings. The number of anilines is 1. The van der Waals surface area contributed by atoms with Gasteiger partial charge in [0.25, 0.3) is 15.7 Å². The number of nitro groups is 1. The van der Waals surface area contributed by atoms with Crippen LogP contribution in [0.3, 0.4) is 0 Å². The zero-order valence-corrected chi connectivity index (χ0v) is 11.4. The van der Waals surface area contributed by atoms with E-state index in [9.17, 15) is 18.5 Å². The molecule has 0 saturated carbocycles. The molecule has 9 heteroatoms. The summed E-state index contributed by atoms with van der Waals surface area (Å²) in [6, 6.07) is 7.87. The Kier molecular flexibility index (Phi) is 3.86. The van der Waals surface area contributed by atoms with Crippen LogP contribution >= 0.6 is 11.6 Å². The number of hydrogen-bond acceptors (Lipinski definition) is 5. The molecule has 0 unspecified atom stereocenters. The van der Waals surface area contributed by atoms with Gasteiger partial charge in [0.15, 0.2) is 5.03 Å². The smallest absolute Gasteiger partial charge is 0.277 e. The number of halogens is 1. The Bertz CT molecular complexity index is 750. The lowest BCUT2D eigenvalue weighted by molar-refractivity contribution is -0.384. The molecule has 0 atom stereocenters. The molecule has 0 saturated heterocycles. The first-order valence-electron chi connectivity index (χ1n) is 5.28. The van der Waals surface area contributed by atoms with E-state index in [1.165, 1.54) is 24.4 Å². The number of hydrogen-bond donors (Lipinski definition) is 1. The van der Waals surface area contributed by atoms with Crippen LogP contribution in [0.2, 0.25) is 5.02 Å². The van der Waals surface area contributed by atoms with E-state index in [0.29, 0.717) is 0 Å². The molecule has 0 fully saturated rings. The average Bonchev–Trinajstić information content (AvgIpc) is 2.41. The van der Waals surface area contributed by atoms with E-state index in [1.54, 1.807) is 6.07 Å². The lowest BCUT2D eigenvalue weighted by Crippen LogP contribution is -2.14. The minimum Gasteiger partial charge on any atom is -0.277 e. The Balaban J connectivity index is 2.33. The first kappa shape index (κ1) is 14.2. The van der Waals surface area contributed by atoms with Crippen molar-refractivity contribution in [2.24, 2.45) is 0 Å². The summed E-state index contributed by atoms with van der Waals surface area (Å²) in [6.07, 6.45) is 1.34. The lowest BCUT2D eigenvalue weighted by atomic mass is 10.3. The van der Waals surface area contributed by atoms with Gasteiger partial charge >= 0.3 is 0 Å². The zero-order valence-electron chi connectivity index (χ0n) is 9.86. The summed E-state index contributed by atoms with van der Waals surface area (Å²) >= 11 is 5.82. The number of nitrogens with one attached hydrogen (secondary N) is 1. The fourth-order valence-electron chi connectivity index (χ4n) is 1.40. The molecule has 1 aromatic carbocycles. The van der Waals surface area contributed by atoms with E-state index in [1.807, 2.05) is 0 Å². The molecule has 1 aromatic heterocycles. The van der Waals surface area contributed by atoms with Crippen molar-refractivity contribution in [1.82, 2.24) is 4.98 Å². The summed E-state index contributed by atoms with van der Waals surface area (Å²) in [5.74, 6) is 0. The minimum absolute atomic E-state index is 0.0444. The van der Waals surface area contributed by atoms with E-state index in [4.69, 9.17) is 11.6 Å². The molecule has 2 rings (SSSR count). The average molecular weight is 314 g/mol. The molecule has 7 nitrogen and oxygen atoms in total. The van der Waals surface area contributed by atoms with Crippen molar-refractivity contribution < 1.29 is 13.3 Å². The molecule has 0 aliphatic heterocycles. The van der Waals surface area contributed by atoms with Crippen molar-refractivity contribution in [2.45, 2.75) is 5.03 Å². The van der Waals surface area contributed by atoms with Crippen LogP contribution in [-0.4, -0.2) is 18.3 Å². The Morgan fingerprint density at radius 3 is 2.55 bits per heavy atom. The molecule has 0 bridgehead atoms. The Morgan fingerprint density at radius 1 is 1.25 bits per heavy atom. The number of nitro benzene ring substituents is 1. The summed E-state index contributed by atoms with van der Waals surface area (Å²) in [7, 11) is -3.88. The van der Waals surface area contributed by atoms with Crippen LogP contribution in [-0.2, 0) is 10.0 Å². The van der Waals surface area contributed by atoms with Gasteiger partial charge in [-0.05, 0) is 18.2 Å². The third-order valence-corrected chi connectivity index (χ3v) is 3.91. The van der Waals surface area contributed by atoms with Gasteiger partial charge < -0.3 is 0 Å². The van der Waals surface area contributed by atoms with Crippen molar-refractivity contribution in [2.75, 3.05) is 4.72 Å². The fraction of sp³-hybridized carbons (Fsp3) is 0. The molecule has 0 amide bonds. The third-order valence-electron chi connectivity index (χ3n) is 2.32. The summed E-state index contributed by atoms with van der Waals surface area (Å²) in [4.78, 5) is 13.7. The van der Waals surface area contributed by atoms with Gasteiger partial charge in [0.2, 0.25) is 0 Å². The number of aromatic nitrogens is 1. The van der Waals surface area contributed by atoms with Gasteiger partial charge in [-0.15, -0.1) is 0 Å². The Morgan fingerprint density at radius 2 is 2.00 bits per heavy atom. The maximum absolute atomic E-state index is 12.0. The summed E-state index contributed by atoms with van der Waals surface area (Å²) in [5.41, 5.74) is -0.182. The van der Waals surface area contributed by atoms with Gasteiger partial charge in [0.05, 0.1) is 15.6 Å². The minimum atomic E-state index is -3.88. The summed E-state index contributed by atoms with van der Waals surface area (Å²) < 4.78 is 26.2. The highest BCUT2D eigenvalue weighted by atomic mass is 35.5. The van der Waals surface area contributed by atoms with Crippen LogP contribution in [0.25, 0.3) is 0 Å². The highest BCUT2D eigenvalue weighted by Crippen LogP contribution is 2.28. The Labute approximate surface area is 119 Å². The molecule has 20 heavy (non-hydrogen) atoms. The number of pyridine rings is 1. The second-order valence-corrected chi connectivity index (χ2v) is 5.73. The topological polar surface area (TPSA) is 102 Å². The molecule has 1 N–H and O–H groups in total. The summed E-state index contributed by atoms with van der Waals surface area (Å²) in [6.45, 7) is 0. The number of sulfonamides is 1. The van der Waals surface area contributed by atoms with Crippen LogP contribution < -0.4 is 4.72 Å².